The van der Waals surface area contributed by atoms with Gasteiger partial charge in [0.1, 0.15) is 35.4 Å². The Kier molecular flexibility index (Phi) is 6.14. The summed E-state index contributed by atoms with van der Waals surface area (Å²) in [4.78, 5) is 18.2. The number of aliphatic imine (C=N–C) groups is 1. The summed E-state index contributed by atoms with van der Waals surface area (Å²) in [7, 11) is 0. The van der Waals surface area contributed by atoms with Crippen LogP contribution in [-0.4, -0.2) is 80.0 Å². The van der Waals surface area contributed by atoms with Crippen molar-refractivity contribution in [1.82, 2.24) is 4.90 Å². The molecule has 0 saturated carbocycles. The molecule has 1 fully saturated rings. The van der Waals surface area contributed by atoms with E-state index in [0.717, 1.165) is 0 Å². The van der Waals surface area contributed by atoms with Crippen LogP contribution in [0.3, 0.4) is 0 Å². The van der Waals surface area contributed by atoms with E-state index in [4.69, 9.17) is 9.47 Å². The van der Waals surface area contributed by atoms with Crippen LogP contribution >= 0.6 is 11.8 Å². The van der Waals surface area contributed by atoms with E-state index < -0.39 is 48.1 Å². The molecule has 0 aliphatic carbocycles. The molecule has 2 aliphatic rings. The van der Waals surface area contributed by atoms with Crippen molar-refractivity contribution < 1.29 is 29.6 Å². The summed E-state index contributed by atoms with van der Waals surface area (Å²) in [6.07, 6.45) is -3.05. The number of hydrogen-bond donors (Lipinski definition) is 3. The maximum absolute atomic E-state index is 12.4. The summed E-state index contributed by atoms with van der Waals surface area (Å²) in [5, 5.41) is 29.8. The summed E-state index contributed by atoms with van der Waals surface area (Å²) >= 11 is 1.19. The number of fused-ring (bicyclic) bond motifs is 1. The Morgan fingerprint density at radius 3 is 2.58 bits per heavy atom. The number of nitrogens with zero attached hydrogens (tertiary/aromatic N) is 2. The number of thioether (sulfide) groups is 1. The Bertz CT molecular complexity index is 495. The molecule has 3 N–H and O–H groups in total. The van der Waals surface area contributed by atoms with Crippen LogP contribution in [0.25, 0.3) is 0 Å². The van der Waals surface area contributed by atoms with Crippen LogP contribution < -0.4 is 0 Å². The fraction of sp³-hybridized carbons (Fsp3) is 0.867. The van der Waals surface area contributed by atoms with E-state index in [2.05, 4.69) is 4.99 Å². The van der Waals surface area contributed by atoms with E-state index in [1.165, 1.54) is 16.7 Å². The van der Waals surface area contributed by atoms with Gasteiger partial charge in [-0.2, -0.15) is 0 Å². The zero-order valence-electron chi connectivity index (χ0n) is 14.4. The van der Waals surface area contributed by atoms with Crippen molar-refractivity contribution in [3.05, 3.63) is 0 Å². The second-order valence-corrected chi connectivity index (χ2v) is 7.92. The highest BCUT2D eigenvalue weighted by molar-refractivity contribution is 8.14. The highest BCUT2D eigenvalue weighted by Gasteiger charge is 2.49. The van der Waals surface area contributed by atoms with Crippen molar-refractivity contribution in [3.63, 3.8) is 0 Å². The quantitative estimate of drug-likeness (QED) is 0.672. The summed E-state index contributed by atoms with van der Waals surface area (Å²) in [5.41, 5.74) is -1.19. The summed E-state index contributed by atoms with van der Waals surface area (Å²) < 4.78 is 11.0. The first-order chi connectivity index (χ1) is 11.2. The number of ether oxygens (including phenoxy) is 2. The Balaban J connectivity index is 2.16. The number of aliphatic hydroxyl groups is 3. The molecule has 9 heteroatoms. The minimum Gasteiger partial charge on any atom is -0.443 e. The number of carbonyl (C=O) groups excluding carboxylic acids is 1. The molecule has 0 aromatic heterocycles. The van der Waals surface area contributed by atoms with Gasteiger partial charge in [-0.25, -0.2) is 4.79 Å². The lowest BCUT2D eigenvalue weighted by Crippen LogP contribution is -2.55. The van der Waals surface area contributed by atoms with Gasteiger partial charge in [0.15, 0.2) is 5.17 Å². The normalized spacial score (nSPS) is 33.0. The molecule has 24 heavy (non-hydrogen) atoms. The van der Waals surface area contributed by atoms with E-state index in [1.54, 1.807) is 20.8 Å². The van der Waals surface area contributed by atoms with Crippen LogP contribution in [0.4, 0.5) is 4.79 Å². The van der Waals surface area contributed by atoms with Gasteiger partial charge in [0.25, 0.3) is 0 Å². The highest BCUT2D eigenvalue weighted by atomic mass is 32.2. The molecule has 0 spiro atoms. The van der Waals surface area contributed by atoms with Gasteiger partial charge in [-0.1, -0.05) is 18.7 Å². The fourth-order valence-electron chi connectivity index (χ4n) is 2.50. The van der Waals surface area contributed by atoms with Crippen molar-refractivity contribution in [2.45, 2.75) is 69.5 Å². The van der Waals surface area contributed by atoms with E-state index in [1.807, 2.05) is 6.92 Å². The van der Waals surface area contributed by atoms with E-state index in [0.29, 0.717) is 18.1 Å². The van der Waals surface area contributed by atoms with Crippen molar-refractivity contribution in [2.75, 3.05) is 13.2 Å². The van der Waals surface area contributed by atoms with Crippen LogP contribution in [0.15, 0.2) is 4.99 Å². The van der Waals surface area contributed by atoms with E-state index in [-0.39, 0.29) is 0 Å². The van der Waals surface area contributed by atoms with E-state index in [9.17, 15) is 20.1 Å². The van der Waals surface area contributed by atoms with Gasteiger partial charge in [0.05, 0.1) is 6.61 Å². The molecule has 5 atom stereocenters. The smallest absolute Gasteiger partial charge is 0.416 e. The molecular weight excluding hydrogens is 336 g/mol. The maximum Gasteiger partial charge on any atom is 0.416 e. The number of amides is 1. The molecule has 2 aliphatic heterocycles. The second-order valence-electron chi connectivity index (χ2n) is 6.86. The predicted octanol–water partition coefficient (Wildman–Crippen LogP) is 0.544. The third kappa shape index (κ3) is 4.20. The SMILES string of the molecule is CCCN(C(=O)OC(C)(C)C)C1=NC2C(OC(CO)C(O)C2O)S1. The van der Waals surface area contributed by atoms with Gasteiger partial charge < -0.3 is 24.8 Å². The fourth-order valence-corrected chi connectivity index (χ4v) is 3.75. The lowest BCUT2D eigenvalue weighted by molar-refractivity contribution is -0.164. The Morgan fingerprint density at radius 2 is 2.04 bits per heavy atom. The van der Waals surface area contributed by atoms with Gasteiger partial charge in [0.2, 0.25) is 0 Å². The van der Waals surface area contributed by atoms with Gasteiger partial charge in [-0.3, -0.25) is 9.89 Å². The predicted molar refractivity (Wildman–Crippen MR) is 89.8 cm³/mol. The Hall–Kier alpha value is -0.870. The largest absolute Gasteiger partial charge is 0.443 e. The number of amidine groups is 1. The van der Waals surface area contributed by atoms with Crippen molar-refractivity contribution >= 4 is 23.0 Å². The lowest BCUT2D eigenvalue weighted by Gasteiger charge is -2.37. The highest BCUT2D eigenvalue weighted by Crippen LogP contribution is 2.37. The first kappa shape index (κ1) is 19.5. The minimum absolute atomic E-state index is 0.394. The summed E-state index contributed by atoms with van der Waals surface area (Å²) in [5.74, 6) is 0. The molecule has 0 aromatic carbocycles. The summed E-state index contributed by atoms with van der Waals surface area (Å²) in [6.45, 7) is 7.31. The molecule has 2 rings (SSSR count). The standard InChI is InChI=1S/C15H26N2O6S/c1-5-6-17(14(21)23-15(2,3)4)13-16-9-11(20)10(19)8(7-18)22-12(9)24-13/h8-12,18-20H,5-7H2,1-4H3. The Morgan fingerprint density at radius 1 is 1.38 bits per heavy atom. The average molecular weight is 362 g/mol. The number of rotatable bonds is 3. The van der Waals surface area contributed by atoms with Crippen molar-refractivity contribution in [3.8, 4) is 0 Å². The van der Waals surface area contributed by atoms with Crippen molar-refractivity contribution in [1.29, 1.82) is 0 Å². The van der Waals surface area contributed by atoms with Gasteiger partial charge in [-0.15, -0.1) is 0 Å². The van der Waals surface area contributed by atoms with Crippen LogP contribution in [-0.2, 0) is 9.47 Å². The second kappa shape index (κ2) is 7.57. The summed E-state index contributed by atoms with van der Waals surface area (Å²) in [6, 6.07) is -0.690. The van der Waals surface area contributed by atoms with Gasteiger partial charge in [-0.05, 0) is 27.2 Å². The molecule has 0 bridgehead atoms. The molecular formula is C15H26N2O6S. The maximum atomic E-state index is 12.4. The zero-order valence-corrected chi connectivity index (χ0v) is 15.2. The molecule has 0 aromatic rings. The zero-order chi connectivity index (χ0) is 18.1. The third-order valence-corrected chi connectivity index (χ3v) is 4.78. The Labute approximate surface area is 145 Å². The molecule has 5 unspecified atom stereocenters. The average Bonchev–Trinajstić information content (AvgIpc) is 2.90. The van der Waals surface area contributed by atoms with Crippen LogP contribution in [0, 0.1) is 0 Å². The number of aliphatic hydroxyl groups excluding tert-OH is 3. The van der Waals surface area contributed by atoms with Crippen LogP contribution in [0.2, 0.25) is 0 Å². The molecule has 0 radical (unpaired) electrons. The molecule has 1 amide bonds. The van der Waals surface area contributed by atoms with Gasteiger partial charge >= 0.3 is 6.09 Å². The topological polar surface area (TPSA) is 112 Å². The minimum atomic E-state index is -1.22. The van der Waals surface area contributed by atoms with Crippen LogP contribution in [0.1, 0.15) is 34.1 Å². The third-order valence-electron chi connectivity index (χ3n) is 3.62. The molecule has 1 saturated heterocycles. The first-order valence-electron chi connectivity index (χ1n) is 8.05. The number of hydrogen-bond acceptors (Lipinski definition) is 8. The monoisotopic (exact) mass is 362 g/mol. The van der Waals surface area contributed by atoms with Gasteiger partial charge in [0, 0.05) is 6.54 Å². The molecule has 138 valence electrons. The molecule has 2 heterocycles. The first-order valence-corrected chi connectivity index (χ1v) is 8.93. The van der Waals surface area contributed by atoms with Crippen LogP contribution in [0.5, 0.6) is 0 Å². The molecule has 8 nitrogen and oxygen atoms in total. The van der Waals surface area contributed by atoms with E-state index >= 15 is 0 Å². The number of carbonyl (C=O) groups is 1. The lowest BCUT2D eigenvalue weighted by atomic mass is 9.99. The van der Waals surface area contributed by atoms with Crippen molar-refractivity contribution in [2.24, 2.45) is 4.99 Å².